The Hall–Kier alpha value is -3.00. The predicted octanol–water partition coefficient (Wildman–Crippen LogP) is 2.54. The molecule has 2 aromatic heterocycles. The van der Waals surface area contributed by atoms with Gasteiger partial charge >= 0.3 is 0 Å². The van der Waals surface area contributed by atoms with Gasteiger partial charge in [-0.2, -0.15) is 10.1 Å². The summed E-state index contributed by atoms with van der Waals surface area (Å²) in [5, 5.41) is 8.20. The molecule has 1 aliphatic rings. The lowest BCUT2D eigenvalue weighted by atomic mass is 9.97. The van der Waals surface area contributed by atoms with Crippen molar-refractivity contribution in [2.45, 2.75) is 32.0 Å². The van der Waals surface area contributed by atoms with E-state index in [1.54, 1.807) is 24.0 Å². The lowest BCUT2D eigenvalue weighted by Crippen LogP contribution is -2.40. The number of nitrogens with zero attached hydrogens (tertiary/aromatic N) is 5. The molecular weight excluding hydrogens is 358 g/mol. The SMILES string of the molecule is Cn1nccc1C(=O)N1CCCC(c2noc(COCc3ccccc3)n2)C1. The van der Waals surface area contributed by atoms with Crippen LogP contribution in [0.1, 0.15) is 46.5 Å². The third-order valence-corrected chi connectivity index (χ3v) is 4.93. The average molecular weight is 381 g/mol. The molecule has 0 bridgehead atoms. The molecule has 0 radical (unpaired) electrons. The van der Waals surface area contributed by atoms with Gasteiger partial charge in [-0.15, -0.1) is 0 Å². The van der Waals surface area contributed by atoms with Crippen LogP contribution in [-0.2, 0) is 25.0 Å². The van der Waals surface area contributed by atoms with Gasteiger partial charge in [0.1, 0.15) is 12.3 Å². The third-order valence-electron chi connectivity index (χ3n) is 4.93. The number of likely N-dealkylation sites (tertiary alicyclic amines) is 1. The smallest absolute Gasteiger partial charge is 0.272 e. The van der Waals surface area contributed by atoms with Crippen LogP contribution in [0, 0.1) is 0 Å². The highest BCUT2D eigenvalue weighted by Gasteiger charge is 2.29. The third kappa shape index (κ3) is 4.12. The monoisotopic (exact) mass is 381 g/mol. The van der Waals surface area contributed by atoms with Crippen molar-refractivity contribution in [2.75, 3.05) is 13.1 Å². The Morgan fingerprint density at radius 2 is 2.11 bits per heavy atom. The molecule has 0 spiro atoms. The highest BCUT2D eigenvalue weighted by molar-refractivity contribution is 5.92. The summed E-state index contributed by atoms with van der Waals surface area (Å²) in [7, 11) is 1.77. The number of piperidine rings is 1. The average Bonchev–Trinajstić information content (AvgIpc) is 3.37. The molecule has 3 heterocycles. The fraction of sp³-hybridized carbons (Fsp3) is 0.400. The van der Waals surface area contributed by atoms with Crippen molar-refractivity contribution in [1.29, 1.82) is 0 Å². The van der Waals surface area contributed by atoms with Gasteiger partial charge in [0.2, 0.25) is 0 Å². The molecular formula is C20H23N5O3. The quantitative estimate of drug-likeness (QED) is 0.652. The zero-order valence-electron chi connectivity index (χ0n) is 15.8. The van der Waals surface area contributed by atoms with Gasteiger partial charge in [0.15, 0.2) is 5.82 Å². The van der Waals surface area contributed by atoms with Crippen molar-refractivity contribution in [3.05, 3.63) is 65.6 Å². The van der Waals surface area contributed by atoms with Crippen molar-refractivity contribution in [2.24, 2.45) is 7.05 Å². The molecule has 8 nitrogen and oxygen atoms in total. The number of carbonyl (C=O) groups excluding carboxylic acids is 1. The molecule has 1 aromatic carbocycles. The first-order chi connectivity index (χ1) is 13.7. The number of carbonyl (C=O) groups is 1. The number of benzene rings is 1. The summed E-state index contributed by atoms with van der Waals surface area (Å²) in [4.78, 5) is 19.0. The molecule has 1 saturated heterocycles. The minimum atomic E-state index is -0.0142. The number of ether oxygens (including phenoxy) is 1. The summed E-state index contributed by atoms with van der Waals surface area (Å²) in [6.07, 6.45) is 3.47. The van der Waals surface area contributed by atoms with Crippen molar-refractivity contribution < 1.29 is 14.1 Å². The Morgan fingerprint density at radius 1 is 1.25 bits per heavy atom. The number of aryl methyl sites for hydroxylation is 1. The second kappa shape index (κ2) is 8.35. The highest BCUT2D eigenvalue weighted by Crippen LogP contribution is 2.26. The Balaban J connectivity index is 1.34. The van der Waals surface area contributed by atoms with E-state index < -0.39 is 0 Å². The summed E-state index contributed by atoms with van der Waals surface area (Å²) < 4.78 is 12.6. The molecule has 1 atom stereocenters. The standard InChI is InChI=1S/C20H23N5O3/c1-24-17(9-10-21-24)20(26)25-11-5-8-16(12-25)19-22-18(28-23-19)14-27-13-15-6-3-2-4-7-15/h2-4,6-7,9-10,16H,5,8,11-14H2,1H3. The molecule has 1 amide bonds. The zero-order valence-corrected chi connectivity index (χ0v) is 15.8. The molecule has 28 heavy (non-hydrogen) atoms. The van der Waals surface area contributed by atoms with E-state index in [-0.39, 0.29) is 18.4 Å². The Morgan fingerprint density at radius 3 is 2.89 bits per heavy atom. The largest absolute Gasteiger partial charge is 0.367 e. The van der Waals surface area contributed by atoms with Crippen LogP contribution in [0.3, 0.4) is 0 Å². The first-order valence-corrected chi connectivity index (χ1v) is 9.42. The summed E-state index contributed by atoms with van der Waals surface area (Å²) >= 11 is 0. The van der Waals surface area contributed by atoms with E-state index in [9.17, 15) is 4.79 Å². The molecule has 1 unspecified atom stereocenters. The molecule has 1 aliphatic heterocycles. The number of hydrogen-bond acceptors (Lipinski definition) is 6. The van der Waals surface area contributed by atoms with Crippen LogP contribution in [0.2, 0.25) is 0 Å². The number of hydrogen-bond donors (Lipinski definition) is 0. The summed E-state index contributed by atoms with van der Waals surface area (Å²) in [6, 6.07) is 11.7. The molecule has 146 valence electrons. The molecule has 4 rings (SSSR count). The minimum Gasteiger partial charge on any atom is -0.367 e. The van der Waals surface area contributed by atoms with E-state index >= 15 is 0 Å². The van der Waals surface area contributed by atoms with Gasteiger partial charge in [0.25, 0.3) is 11.8 Å². The van der Waals surface area contributed by atoms with Crippen molar-refractivity contribution in [3.8, 4) is 0 Å². The first kappa shape index (κ1) is 18.4. The fourth-order valence-electron chi connectivity index (χ4n) is 3.44. The van der Waals surface area contributed by atoms with Crippen molar-refractivity contribution in [3.63, 3.8) is 0 Å². The fourth-order valence-corrected chi connectivity index (χ4v) is 3.44. The van der Waals surface area contributed by atoms with Gasteiger partial charge in [0.05, 0.1) is 6.61 Å². The van der Waals surface area contributed by atoms with Crippen LogP contribution in [-0.4, -0.2) is 43.8 Å². The first-order valence-electron chi connectivity index (χ1n) is 9.42. The van der Waals surface area contributed by atoms with Crippen LogP contribution in [0.5, 0.6) is 0 Å². The van der Waals surface area contributed by atoms with Crippen LogP contribution in [0.15, 0.2) is 47.1 Å². The van der Waals surface area contributed by atoms with E-state index in [4.69, 9.17) is 9.26 Å². The van der Waals surface area contributed by atoms with E-state index in [0.29, 0.717) is 30.6 Å². The second-order valence-electron chi connectivity index (χ2n) is 6.96. The maximum absolute atomic E-state index is 12.7. The Bertz CT molecular complexity index is 921. The van der Waals surface area contributed by atoms with Gasteiger partial charge in [-0.3, -0.25) is 9.48 Å². The molecule has 0 N–H and O–H groups in total. The molecule has 0 aliphatic carbocycles. The Labute approximate surface area is 163 Å². The molecule has 3 aromatic rings. The summed E-state index contributed by atoms with van der Waals surface area (Å²) in [5.41, 5.74) is 1.68. The van der Waals surface area contributed by atoms with Gasteiger partial charge in [0, 0.05) is 32.3 Å². The van der Waals surface area contributed by atoms with Crippen LogP contribution in [0.4, 0.5) is 0 Å². The second-order valence-corrected chi connectivity index (χ2v) is 6.96. The predicted molar refractivity (Wildman–Crippen MR) is 100 cm³/mol. The normalized spacial score (nSPS) is 17.0. The maximum Gasteiger partial charge on any atom is 0.272 e. The minimum absolute atomic E-state index is 0.0142. The van der Waals surface area contributed by atoms with Crippen LogP contribution in [0.25, 0.3) is 0 Å². The lowest BCUT2D eigenvalue weighted by molar-refractivity contribution is 0.0692. The van der Waals surface area contributed by atoms with Crippen LogP contribution < -0.4 is 0 Å². The molecule has 0 saturated carbocycles. The van der Waals surface area contributed by atoms with E-state index in [1.807, 2.05) is 35.2 Å². The van der Waals surface area contributed by atoms with Gasteiger partial charge in [-0.05, 0) is 24.5 Å². The van der Waals surface area contributed by atoms with E-state index in [2.05, 4.69) is 15.2 Å². The topological polar surface area (TPSA) is 86.3 Å². The summed E-state index contributed by atoms with van der Waals surface area (Å²) in [5.74, 6) is 1.15. The molecule has 8 heteroatoms. The number of rotatable bonds is 6. The van der Waals surface area contributed by atoms with Gasteiger partial charge in [-0.25, -0.2) is 0 Å². The summed E-state index contributed by atoms with van der Waals surface area (Å²) in [6.45, 7) is 2.07. The highest BCUT2D eigenvalue weighted by atomic mass is 16.5. The van der Waals surface area contributed by atoms with Gasteiger partial charge < -0.3 is 14.2 Å². The number of aromatic nitrogens is 4. The number of amides is 1. The Kier molecular flexibility index (Phi) is 5.48. The van der Waals surface area contributed by atoms with E-state index in [0.717, 1.165) is 24.9 Å². The van der Waals surface area contributed by atoms with Crippen molar-refractivity contribution in [1.82, 2.24) is 24.8 Å². The van der Waals surface area contributed by atoms with E-state index in [1.165, 1.54) is 0 Å². The zero-order chi connectivity index (χ0) is 19.3. The van der Waals surface area contributed by atoms with Crippen LogP contribution >= 0.6 is 0 Å². The van der Waals surface area contributed by atoms with Gasteiger partial charge in [-0.1, -0.05) is 35.5 Å². The van der Waals surface area contributed by atoms with Crippen molar-refractivity contribution >= 4 is 5.91 Å². The lowest BCUT2D eigenvalue weighted by Gasteiger charge is -2.31. The maximum atomic E-state index is 12.7. The molecule has 1 fully saturated rings.